The minimum atomic E-state index is -1.84. The van der Waals surface area contributed by atoms with Crippen LogP contribution in [0.25, 0.3) is 11.1 Å². The maximum Gasteiger partial charge on any atom is -0.0184 e. The van der Waals surface area contributed by atoms with E-state index in [1.54, 1.807) is 16.7 Å². The summed E-state index contributed by atoms with van der Waals surface area (Å²) in [4.78, 5) is 0. The van der Waals surface area contributed by atoms with Gasteiger partial charge in [-0.15, -0.1) is 0 Å². The number of hydrogen-bond donors (Lipinski definition) is 1. The molecule has 5 aliphatic rings. The maximum absolute atomic E-state index is 15.4. The summed E-state index contributed by atoms with van der Waals surface area (Å²) in [5.41, 5.74) is 6.67. The Morgan fingerprint density at radius 3 is 1.73 bits per heavy atom. The normalized spacial score (nSPS) is 32.2. The van der Waals surface area contributed by atoms with Crippen molar-refractivity contribution < 1.29 is 23.9 Å². The molecule has 0 spiro atoms. The van der Waals surface area contributed by atoms with Gasteiger partial charge < -0.3 is 0 Å². The van der Waals surface area contributed by atoms with Crippen LogP contribution in [-0.2, 0) is 19.5 Å². The topological polar surface area (TPSA) is 12.0 Å². The average molecular weight is 639 g/mol. The summed E-state index contributed by atoms with van der Waals surface area (Å²) >= 11 is -1.84. The van der Waals surface area contributed by atoms with Crippen LogP contribution >= 0.6 is 0 Å². The van der Waals surface area contributed by atoms with Crippen molar-refractivity contribution in [3.63, 3.8) is 0 Å². The number of benzene rings is 2. The van der Waals surface area contributed by atoms with Crippen molar-refractivity contribution in [1.82, 2.24) is 3.26 Å². The van der Waals surface area contributed by atoms with Gasteiger partial charge in [-0.25, -0.2) is 0 Å². The van der Waals surface area contributed by atoms with Crippen LogP contribution in [0.15, 0.2) is 80.7 Å². The van der Waals surface area contributed by atoms with Gasteiger partial charge in [-0.1, -0.05) is 60.7 Å². The molecular formula is C33H45FGeNZr. The van der Waals surface area contributed by atoms with Crippen LogP contribution in [0.4, 0.5) is 4.39 Å². The van der Waals surface area contributed by atoms with Crippen molar-refractivity contribution >= 4 is 10.6 Å². The molecule has 0 heterocycles. The van der Waals surface area contributed by atoms with E-state index >= 15 is 4.39 Å². The molecule has 7 rings (SSSR count). The summed E-state index contributed by atoms with van der Waals surface area (Å²) < 4.78 is 21.7. The van der Waals surface area contributed by atoms with Crippen LogP contribution < -0.4 is 3.26 Å². The van der Waals surface area contributed by atoms with Gasteiger partial charge in [0.15, 0.2) is 0 Å². The first-order valence-electron chi connectivity index (χ1n) is 14.4. The van der Waals surface area contributed by atoms with Gasteiger partial charge in [0.05, 0.1) is 0 Å². The third-order valence-electron chi connectivity index (χ3n) is 9.78. The summed E-state index contributed by atoms with van der Waals surface area (Å²) in [6.07, 6.45) is 6.44. The molecular weight excluding hydrogens is 593 g/mol. The summed E-state index contributed by atoms with van der Waals surface area (Å²) in [6, 6.07) is 20.8. The molecule has 2 aromatic carbocycles. The van der Waals surface area contributed by atoms with E-state index in [0.29, 0.717) is 17.8 Å². The van der Waals surface area contributed by atoms with Gasteiger partial charge in [-0.2, -0.15) is 0 Å². The number of alkyl halides is 1. The molecule has 4 bridgehead atoms. The molecule has 3 unspecified atom stereocenters. The summed E-state index contributed by atoms with van der Waals surface area (Å²) in [6.45, 7) is 9.48. The fraction of sp³-hybridized carbons (Fsp3) is 0.515. The standard InChI is InChI=1S/C12H10.C10H15FN.C9H13.C2H7Ge.Zr/c1-3-7-11(8-4-1)12-9-5-2-6-10-12;11-9-2-7-1-8(3-9)5-10(12,4-7)6-9;1-6-5-7(2)9(4)8(6)3;1-3-2;/h1-10H;7-8,12H,1-6H2;6H,1-4H3;3H,1-2H3;/q;-1;;;+1. The molecule has 0 saturated heterocycles. The molecule has 37 heavy (non-hydrogen) atoms. The number of halogens is 1. The van der Waals surface area contributed by atoms with Crippen LogP contribution in [-0.4, -0.2) is 21.8 Å². The van der Waals surface area contributed by atoms with E-state index in [0.717, 1.165) is 19.3 Å². The molecule has 4 fully saturated rings. The Labute approximate surface area is 234 Å². The van der Waals surface area contributed by atoms with Gasteiger partial charge in [-0.3, -0.25) is 0 Å². The van der Waals surface area contributed by atoms with Gasteiger partial charge in [0.25, 0.3) is 0 Å². The van der Waals surface area contributed by atoms with E-state index in [4.69, 9.17) is 0 Å². The van der Waals surface area contributed by atoms with Crippen molar-refractivity contribution in [2.45, 2.75) is 88.9 Å². The Morgan fingerprint density at radius 2 is 1.32 bits per heavy atom. The summed E-state index contributed by atoms with van der Waals surface area (Å²) in [5, 5.41) is 0. The smallest absolute Gasteiger partial charge is 0.0184 e. The average Bonchev–Trinajstić information content (AvgIpc) is 3.05. The zero-order chi connectivity index (χ0) is 26.4. The number of nitrogens with one attached hydrogen (secondary N) is 1. The molecule has 1 N–H and O–H groups in total. The molecule has 4 saturated carbocycles. The van der Waals surface area contributed by atoms with E-state index in [1.807, 2.05) is 15.4 Å². The second-order valence-electron chi connectivity index (χ2n) is 12.9. The van der Waals surface area contributed by atoms with Crippen LogP contribution in [0.1, 0.15) is 66.2 Å². The first-order valence-corrected chi connectivity index (χ1v) is 30.3. The Bertz CT molecular complexity index is 1120. The Morgan fingerprint density at radius 1 is 0.811 bits per heavy atom. The molecule has 0 aliphatic heterocycles. The third-order valence-corrected chi connectivity index (χ3v) is 38.0. The first-order chi connectivity index (χ1) is 17.6. The van der Waals surface area contributed by atoms with E-state index in [1.165, 1.54) is 30.4 Å². The minimum absolute atomic E-state index is 0.181. The molecule has 1 nitrogen and oxygen atoms in total. The quantitative estimate of drug-likeness (QED) is 0.323. The fourth-order valence-electron chi connectivity index (χ4n) is 8.17. The first kappa shape index (κ1) is 27.8. The molecule has 0 aromatic heterocycles. The van der Waals surface area contributed by atoms with Gasteiger partial charge >= 0.3 is 164 Å². The van der Waals surface area contributed by atoms with E-state index in [2.05, 4.69) is 91.0 Å². The molecule has 197 valence electrons. The van der Waals surface area contributed by atoms with Gasteiger partial charge in [0, 0.05) is 0 Å². The summed E-state index contributed by atoms with van der Waals surface area (Å²) in [5.74, 6) is 7.21. The van der Waals surface area contributed by atoms with Crippen molar-refractivity contribution in [1.29, 1.82) is 0 Å². The maximum atomic E-state index is 15.4. The summed E-state index contributed by atoms with van der Waals surface area (Å²) in [7, 11) is -1.26. The predicted octanol–water partition coefficient (Wildman–Crippen LogP) is 8.77. The molecule has 3 atom stereocenters. The van der Waals surface area contributed by atoms with Gasteiger partial charge in [0.1, 0.15) is 0 Å². The molecule has 0 amide bonds. The second-order valence-corrected chi connectivity index (χ2v) is 43.6. The monoisotopic (exact) mass is 638 g/mol. The Hall–Kier alpha value is -0.764. The number of hydrogen-bond acceptors (Lipinski definition) is 1. The minimum Gasteiger partial charge on any atom is -0.0622 e. The zero-order valence-electron chi connectivity index (χ0n) is 23.7. The van der Waals surface area contributed by atoms with Gasteiger partial charge in [0.2, 0.25) is 0 Å². The van der Waals surface area contributed by atoms with Crippen LogP contribution in [0.5, 0.6) is 0 Å². The third kappa shape index (κ3) is 5.76. The largest absolute Gasteiger partial charge is 0.0622 e. The molecule has 2 aromatic rings. The van der Waals surface area contributed by atoms with Crippen LogP contribution in [0, 0.1) is 17.8 Å². The fourth-order valence-corrected chi connectivity index (χ4v) is 36.9. The molecule has 5 aliphatic carbocycles. The van der Waals surface area contributed by atoms with Gasteiger partial charge in [-0.05, 0) is 11.1 Å². The number of allylic oxidation sites excluding steroid dienone is 4. The van der Waals surface area contributed by atoms with E-state index < -0.39 is 35.8 Å². The van der Waals surface area contributed by atoms with Crippen molar-refractivity contribution in [2.75, 3.05) is 0 Å². The molecule has 0 radical (unpaired) electrons. The van der Waals surface area contributed by atoms with Crippen LogP contribution in [0.3, 0.4) is 0 Å². The SMILES string of the molecule is CC1=C(C)C(C)[C]([Zr]([NH]C23CC4CC(CC(F)(C4)C2)C3)[GeH]([CH3])[CH3])=C1C.c1ccc(-c2ccccc2)cc1. The van der Waals surface area contributed by atoms with E-state index in [9.17, 15) is 0 Å². The second kappa shape index (κ2) is 11.0. The predicted molar refractivity (Wildman–Crippen MR) is 155 cm³/mol. The molecule has 4 heteroatoms. The van der Waals surface area contributed by atoms with Crippen molar-refractivity contribution in [3.05, 3.63) is 80.7 Å². The Kier molecular flexibility index (Phi) is 8.27. The van der Waals surface area contributed by atoms with E-state index in [-0.39, 0.29) is 5.54 Å². The zero-order valence-corrected chi connectivity index (χ0v) is 28.6. The van der Waals surface area contributed by atoms with Crippen molar-refractivity contribution in [3.8, 4) is 11.1 Å². The number of rotatable bonds is 5. The van der Waals surface area contributed by atoms with Crippen molar-refractivity contribution in [2.24, 2.45) is 17.8 Å². The van der Waals surface area contributed by atoms with Crippen LogP contribution in [0.2, 0.25) is 11.5 Å². The Balaban J connectivity index is 0.000000195.